The third kappa shape index (κ3) is 4.47. The predicted molar refractivity (Wildman–Crippen MR) is 101 cm³/mol. The van der Waals surface area contributed by atoms with Gasteiger partial charge in [0.1, 0.15) is 0 Å². The molecule has 1 atom stereocenters. The quantitative estimate of drug-likeness (QED) is 0.759. The van der Waals surface area contributed by atoms with E-state index in [1.54, 1.807) is 0 Å². The molecule has 0 bridgehead atoms. The van der Waals surface area contributed by atoms with Gasteiger partial charge in [0.05, 0.1) is 5.60 Å². The van der Waals surface area contributed by atoms with E-state index in [1.165, 1.54) is 5.56 Å². The lowest BCUT2D eigenvalue weighted by atomic mass is 10.0. The zero-order valence-electron chi connectivity index (χ0n) is 14.7. The van der Waals surface area contributed by atoms with E-state index in [-0.39, 0.29) is 12.5 Å². The maximum Gasteiger partial charge on any atom is 0.251 e. The van der Waals surface area contributed by atoms with Crippen molar-refractivity contribution in [2.45, 2.75) is 31.8 Å². The van der Waals surface area contributed by atoms with E-state index in [4.69, 9.17) is 0 Å². The molecule has 1 amide bonds. The monoisotopic (exact) mass is 338 g/mol. The highest BCUT2D eigenvalue weighted by Gasteiger charge is 2.31. The van der Waals surface area contributed by atoms with Crippen LogP contribution in [-0.4, -0.2) is 36.2 Å². The third-order valence-corrected chi connectivity index (χ3v) is 4.77. The summed E-state index contributed by atoms with van der Waals surface area (Å²) >= 11 is 0. The number of β-amino-alcohol motifs (C(OH)–C–C–N with tert-alkyl or cyclic N) is 1. The van der Waals surface area contributed by atoms with Crippen LogP contribution in [0.2, 0.25) is 0 Å². The molecule has 1 saturated heterocycles. The molecule has 0 aromatic heterocycles. The molecular formula is C21H26N2O2. The van der Waals surface area contributed by atoms with Crippen LogP contribution in [-0.2, 0) is 6.42 Å². The second kappa shape index (κ2) is 7.81. The van der Waals surface area contributed by atoms with Gasteiger partial charge in [-0.15, -0.1) is 0 Å². The third-order valence-electron chi connectivity index (χ3n) is 4.77. The number of aliphatic hydroxyl groups is 1. The molecule has 0 radical (unpaired) electrons. The summed E-state index contributed by atoms with van der Waals surface area (Å²) in [5.41, 5.74) is 3.38. The van der Waals surface area contributed by atoms with Crippen molar-refractivity contribution < 1.29 is 9.90 Å². The first-order valence-corrected chi connectivity index (χ1v) is 9.00. The summed E-state index contributed by atoms with van der Waals surface area (Å²) in [6, 6.07) is 16.2. The van der Waals surface area contributed by atoms with Gasteiger partial charge in [-0.25, -0.2) is 0 Å². The Morgan fingerprint density at radius 1 is 1.12 bits per heavy atom. The number of aryl methyl sites for hydroxylation is 1. The van der Waals surface area contributed by atoms with Crippen LogP contribution in [0, 0.1) is 0 Å². The summed E-state index contributed by atoms with van der Waals surface area (Å²) in [6.45, 7) is 3.78. The van der Waals surface area contributed by atoms with Crippen LogP contribution in [0.5, 0.6) is 0 Å². The van der Waals surface area contributed by atoms with Crippen LogP contribution >= 0.6 is 0 Å². The van der Waals surface area contributed by atoms with E-state index in [9.17, 15) is 9.90 Å². The standard InChI is InChI=1S/C21H26N2O2/c1-2-3-16-4-6-17(7-5-16)18-8-10-19(11-9-18)20(24)23-15-21(25)12-13-22-14-21/h4-11,22,25H,2-3,12-15H2,1H3,(H,23,24)/t21-/m1/s1. The van der Waals surface area contributed by atoms with Gasteiger partial charge in [0.2, 0.25) is 0 Å². The highest BCUT2D eigenvalue weighted by atomic mass is 16.3. The number of nitrogens with one attached hydrogen (secondary N) is 2. The minimum atomic E-state index is -0.824. The van der Waals surface area contributed by atoms with Crippen molar-refractivity contribution in [1.82, 2.24) is 10.6 Å². The van der Waals surface area contributed by atoms with Gasteiger partial charge in [0.15, 0.2) is 0 Å². The van der Waals surface area contributed by atoms with Gasteiger partial charge >= 0.3 is 0 Å². The Balaban J connectivity index is 1.62. The molecule has 4 heteroatoms. The number of benzene rings is 2. The highest BCUT2D eigenvalue weighted by Crippen LogP contribution is 2.21. The molecule has 4 nitrogen and oxygen atoms in total. The molecule has 132 valence electrons. The molecule has 25 heavy (non-hydrogen) atoms. The highest BCUT2D eigenvalue weighted by molar-refractivity contribution is 5.94. The summed E-state index contributed by atoms with van der Waals surface area (Å²) in [5, 5.41) is 16.2. The Hall–Kier alpha value is -2.17. The molecule has 1 fully saturated rings. The lowest BCUT2D eigenvalue weighted by molar-refractivity contribution is 0.0562. The van der Waals surface area contributed by atoms with Crippen molar-refractivity contribution in [2.75, 3.05) is 19.6 Å². The Bertz CT molecular complexity index is 702. The Morgan fingerprint density at radius 2 is 1.76 bits per heavy atom. The average Bonchev–Trinajstić information content (AvgIpc) is 3.08. The van der Waals surface area contributed by atoms with Gasteiger partial charge in [0, 0.05) is 18.7 Å². The van der Waals surface area contributed by atoms with E-state index in [0.717, 1.165) is 30.5 Å². The molecule has 0 unspecified atom stereocenters. The molecule has 0 saturated carbocycles. The topological polar surface area (TPSA) is 61.4 Å². The molecule has 1 aliphatic rings. The van der Waals surface area contributed by atoms with Crippen molar-refractivity contribution in [3.63, 3.8) is 0 Å². The van der Waals surface area contributed by atoms with Gasteiger partial charge in [-0.2, -0.15) is 0 Å². The van der Waals surface area contributed by atoms with Crippen molar-refractivity contribution in [3.8, 4) is 11.1 Å². The molecule has 0 spiro atoms. The second-order valence-corrected chi connectivity index (χ2v) is 6.86. The average molecular weight is 338 g/mol. The number of carbonyl (C=O) groups is 1. The summed E-state index contributed by atoms with van der Waals surface area (Å²) in [4.78, 5) is 12.3. The van der Waals surface area contributed by atoms with Gasteiger partial charge < -0.3 is 15.7 Å². The second-order valence-electron chi connectivity index (χ2n) is 6.86. The number of carbonyl (C=O) groups excluding carboxylic acids is 1. The Morgan fingerprint density at radius 3 is 2.32 bits per heavy atom. The fourth-order valence-electron chi connectivity index (χ4n) is 3.19. The van der Waals surface area contributed by atoms with E-state index in [2.05, 4.69) is 41.8 Å². The van der Waals surface area contributed by atoms with Crippen LogP contribution < -0.4 is 10.6 Å². The molecule has 2 aromatic carbocycles. The fraction of sp³-hybridized carbons (Fsp3) is 0.381. The Labute approximate surface area is 149 Å². The SMILES string of the molecule is CCCc1ccc(-c2ccc(C(=O)NC[C@@]3(O)CCNC3)cc2)cc1. The summed E-state index contributed by atoms with van der Waals surface area (Å²) < 4.78 is 0. The summed E-state index contributed by atoms with van der Waals surface area (Å²) in [7, 11) is 0. The van der Waals surface area contributed by atoms with E-state index >= 15 is 0 Å². The lowest BCUT2D eigenvalue weighted by Crippen LogP contribution is -2.44. The van der Waals surface area contributed by atoms with Crippen LogP contribution in [0.15, 0.2) is 48.5 Å². The minimum Gasteiger partial charge on any atom is -0.387 e. The van der Waals surface area contributed by atoms with E-state index in [0.29, 0.717) is 18.5 Å². The predicted octanol–water partition coefficient (Wildman–Crippen LogP) is 2.76. The maximum atomic E-state index is 12.3. The van der Waals surface area contributed by atoms with Crippen molar-refractivity contribution >= 4 is 5.91 Å². The summed E-state index contributed by atoms with van der Waals surface area (Å²) in [5.74, 6) is -0.148. The van der Waals surface area contributed by atoms with E-state index < -0.39 is 5.60 Å². The van der Waals surface area contributed by atoms with Crippen LogP contribution in [0.4, 0.5) is 0 Å². The number of rotatable bonds is 6. The van der Waals surface area contributed by atoms with E-state index in [1.807, 2.05) is 24.3 Å². The molecule has 3 rings (SSSR count). The largest absolute Gasteiger partial charge is 0.387 e. The van der Waals surface area contributed by atoms with Gasteiger partial charge in [-0.3, -0.25) is 4.79 Å². The normalized spacial score (nSPS) is 19.8. The fourth-order valence-corrected chi connectivity index (χ4v) is 3.19. The zero-order chi connectivity index (χ0) is 17.7. The first kappa shape index (κ1) is 17.6. The van der Waals surface area contributed by atoms with Crippen molar-refractivity contribution in [2.24, 2.45) is 0 Å². The number of hydrogen-bond donors (Lipinski definition) is 3. The van der Waals surface area contributed by atoms with Crippen LogP contribution in [0.1, 0.15) is 35.7 Å². The molecule has 3 N–H and O–H groups in total. The molecule has 1 heterocycles. The molecule has 1 aliphatic heterocycles. The number of amides is 1. The minimum absolute atomic E-state index is 0.148. The molecule has 0 aliphatic carbocycles. The Kier molecular flexibility index (Phi) is 5.51. The molecule has 2 aromatic rings. The van der Waals surface area contributed by atoms with Gasteiger partial charge in [0.25, 0.3) is 5.91 Å². The lowest BCUT2D eigenvalue weighted by Gasteiger charge is -2.21. The first-order valence-electron chi connectivity index (χ1n) is 9.00. The zero-order valence-corrected chi connectivity index (χ0v) is 14.7. The van der Waals surface area contributed by atoms with Crippen LogP contribution in [0.25, 0.3) is 11.1 Å². The van der Waals surface area contributed by atoms with Gasteiger partial charge in [-0.1, -0.05) is 49.7 Å². The van der Waals surface area contributed by atoms with Crippen molar-refractivity contribution in [1.29, 1.82) is 0 Å². The first-order chi connectivity index (χ1) is 12.1. The number of hydrogen-bond acceptors (Lipinski definition) is 3. The maximum absolute atomic E-state index is 12.3. The molecular weight excluding hydrogens is 312 g/mol. The van der Waals surface area contributed by atoms with Crippen LogP contribution in [0.3, 0.4) is 0 Å². The van der Waals surface area contributed by atoms with Gasteiger partial charge in [-0.05, 0) is 48.2 Å². The smallest absolute Gasteiger partial charge is 0.251 e. The van der Waals surface area contributed by atoms with Crippen molar-refractivity contribution in [3.05, 3.63) is 59.7 Å². The summed E-state index contributed by atoms with van der Waals surface area (Å²) in [6.07, 6.45) is 2.91.